The molecule has 1 saturated carbocycles. The number of benzene rings is 2. The molecule has 0 unspecified atom stereocenters. The zero-order valence-electron chi connectivity index (χ0n) is 20.2. The summed E-state index contributed by atoms with van der Waals surface area (Å²) < 4.78 is 8.23. The first-order valence-electron chi connectivity index (χ1n) is 12.8. The standard InChI is InChI=1S/C28H30ClN5O2/c29-21-10-8-20(9-11-21)18-26-30-15-12-28(32-26)35-22-13-16-33(17-14-22)19-27-31-24-6-1-2-7-25(24)34(27)36-23-4-3-5-23/h1-2,6-12,15,22-23H,3-5,13-14,16-19H2. The smallest absolute Gasteiger partial charge is 0.216 e. The minimum Gasteiger partial charge on any atom is -0.474 e. The molecule has 3 heterocycles. The summed E-state index contributed by atoms with van der Waals surface area (Å²) in [5.41, 5.74) is 3.16. The van der Waals surface area contributed by atoms with Crippen LogP contribution in [0.25, 0.3) is 11.0 Å². The number of imidazole rings is 1. The Hall–Kier alpha value is -3.16. The maximum Gasteiger partial charge on any atom is 0.216 e. The quantitative estimate of drug-likeness (QED) is 0.333. The van der Waals surface area contributed by atoms with E-state index < -0.39 is 0 Å². The van der Waals surface area contributed by atoms with E-state index >= 15 is 0 Å². The maximum absolute atomic E-state index is 6.32. The van der Waals surface area contributed by atoms with E-state index in [-0.39, 0.29) is 6.10 Å². The molecule has 6 rings (SSSR count). The summed E-state index contributed by atoms with van der Waals surface area (Å²) in [4.78, 5) is 22.7. The number of hydrogen-bond acceptors (Lipinski definition) is 6. The molecule has 2 aromatic carbocycles. The molecule has 7 nitrogen and oxygen atoms in total. The molecule has 2 fully saturated rings. The number of likely N-dealkylation sites (tertiary alicyclic amines) is 1. The van der Waals surface area contributed by atoms with Crippen LogP contribution in [0.2, 0.25) is 5.02 Å². The molecule has 8 heteroatoms. The van der Waals surface area contributed by atoms with Crippen molar-refractivity contribution in [1.82, 2.24) is 24.6 Å². The first kappa shape index (κ1) is 23.3. The molecular weight excluding hydrogens is 474 g/mol. The Morgan fingerprint density at radius 2 is 1.69 bits per heavy atom. The minimum atomic E-state index is 0.143. The number of aromatic nitrogens is 4. The highest BCUT2D eigenvalue weighted by Crippen LogP contribution is 2.25. The molecule has 0 atom stereocenters. The Labute approximate surface area is 216 Å². The van der Waals surface area contributed by atoms with E-state index in [1.807, 2.05) is 47.2 Å². The fourth-order valence-corrected chi connectivity index (χ4v) is 4.89. The van der Waals surface area contributed by atoms with Crippen LogP contribution in [0.3, 0.4) is 0 Å². The van der Waals surface area contributed by atoms with Gasteiger partial charge in [0.2, 0.25) is 5.88 Å². The topological polar surface area (TPSA) is 65.3 Å². The van der Waals surface area contributed by atoms with Crippen molar-refractivity contribution >= 4 is 22.6 Å². The van der Waals surface area contributed by atoms with E-state index in [1.165, 1.54) is 6.42 Å². The van der Waals surface area contributed by atoms with Crippen LogP contribution in [-0.2, 0) is 13.0 Å². The van der Waals surface area contributed by atoms with Crippen molar-refractivity contribution < 1.29 is 9.57 Å². The van der Waals surface area contributed by atoms with Gasteiger partial charge in [-0.05, 0) is 61.9 Å². The van der Waals surface area contributed by atoms with Crippen LogP contribution < -0.4 is 9.57 Å². The van der Waals surface area contributed by atoms with Gasteiger partial charge in [0.05, 0.1) is 12.1 Å². The average molecular weight is 504 g/mol. The maximum atomic E-state index is 6.32. The van der Waals surface area contributed by atoms with E-state index in [0.29, 0.717) is 18.4 Å². The van der Waals surface area contributed by atoms with Crippen molar-refractivity contribution in [3.05, 3.63) is 83.0 Å². The normalized spacial score (nSPS) is 17.2. The van der Waals surface area contributed by atoms with Gasteiger partial charge >= 0.3 is 0 Å². The lowest BCUT2D eigenvalue weighted by Gasteiger charge is -2.32. The van der Waals surface area contributed by atoms with E-state index in [4.69, 9.17) is 26.2 Å². The molecule has 36 heavy (non-hydrogen) atoms. The average Bonchev–Trinajstić information content (AvgIpc) is 3.21. The minimum absolute atomic E-state index is 0.143. The molecule has 1 saturated heterocycles. The molecule has 4 aromatic rings. The van der Waals surface area contributed by atoms with E-state index in [1.54, 1.807) is 6.20 Å². The van der Waals surface area contributed by atoms with Crippen molar-refractivity contribution in [3.63, 3.8) is 0 Å². The second kappa shape index (κ2) is 10.4. The predicted molar refractivity (Wildman–Crippen MR) is 139 cm³/mol. The molecule has 186 valence electrons. The number of rotatable bonds is 8. The van der Waals surface area contributed by atoms with Crippen LogP contribution in [0.15, 0.2) is 60.8 Å². The van der Waals surface area contributed by atoms with Crippen LogP contribution in [0.1, 0.15) is 49.3 Å². The number of nitrogens with zero attached hydrogens (tertiary/aromatic N) is 5. The fraction of sp³-hybridized carbons (Fsp3) is 0.393. The number of piperidine rings is 1. The number of para-hydroxylation sites is 2. The van der Waals surface area contributed by atoms with Crippen molar-refractivity contribution in [2.75, 3.05) is 13.1 Å². The molecule has 2 aromatic heterocycles. The first-order chi connectivity index (χ1) is 17.7. The van der Waals surface area contributed by atoms with Crippen molar-refractivity contribution in [2.45, 2.75) is 57.3 Å². The molecule has 0 spiro atoms. The second-order valence-electron chi connectivity index (χ2n) is 9.68. The van der Waals surface area contributed by atoms with Gasteiger partial charge in [-0.2, -0.15) is 9.71 Å². The summed E-state index contributed by atoms with van der Waals surface area (Å²) in [6.07, 6.45) is 8.25. The second-order valence-corrected chi connectivity index (χ2v) is 10.1. The molecule has 2 aliphatic rings. The van der Waals surface area contributed by atoms with Gasteiger partial charge in [-0.3, -0.25) is 4.90 Å². The van der Waals surface area contributed by atoms with Gasteiger partial charge in [0.15, 0.2) is 5.82 Å². The molecule has 0 radical (unpaired) electrons. The van der Waals surface area contributed by atoms with Crippen molar-refractivity contribution in [1.29, 1.82) is 0 Å². The number of ether oxygens (including phenoxy) is 1. The van der Waals surface area contributed by atoms with Gasteiger partial charge < -0.3 is 9.57 Å². The SMILES string of the molecule is Clc1ccc(Cc2nccc(OC3CCN(Cc4nc5ccccc5n4OC4CCC4)CC3)n2)cc1. The van der Waals surface area contributed by atoms with Crippen LogP contribution in [0.5, 0.6) is 5.88 Å². The summed E-state index contributed by atoms with van der Waals surface area (Å²) >= 11 is 5.99. The zero-order valence-corrected chi connectivity index (χ0v) is 21.0. The Morgan fingerprint density at radius 3 is 2.47 bits per heavy atom. The van der Waals surface area contributed by atoms with Gasteiger partial charge in [-0.25, -0.2) is 9.97 Å². The van der Waals surface area contributed by atoms with Gasteiger partial charge in [0.25, 0.3) is 0 Å². The Morgan fingerprint density at radius 1 is 0.889 bits per heavy atom. The Kier molecular flexibility index (Phi) is 6.75. The fourth-order valence-electron chi connectivity index (χ4n) is 4.77. The van der Waals surface area contributed by atoms with Crippen LogP contribution in [0.4, 0.5) is 0 Å². The lowest BCUT2D eigenvalue weighted by atomic mass is 9.97. The molecular formula is C28H30ClN5O2. The third-order valence-corrected chi connectivity index (χ3v) is 7.29. The molecule has 1 aliphatic carbocycles. The Balaban J connectivity index is 1.06. The van der Waals surface area contributed by atoms with E-state index in [9.17, 15) is 0 Å². The summed E-state index contributed by atoms with van der Waals surface area (Å²) in [6.45, 7) is 2.66. The highest BCUT2D eigenvalue weighted by Gasteiger charge is 2.26. The van der Waals surface area contributed by atoms with Crippen LogP contribution in [-0.4, -0.2) is 49.9 Å². The van der Waals surface area contributed by atoms with Crippen LogP contribution >= 0.6 is 11.6 Å². The molecule has 0 bridgehead atoms. The number of halogens is 1. The summed E-state index contributed by atoms with van der Waals surface area (Å²) in [7, 11) is 0. The predicted octanol–water partition coefficient (Wildman–Crippen LogP) is 5.10. The summed E-state index contributed by atoms with van der Waals surface area (Å²) in [6, 6.07) is 17.8. The summed E-state index contributed by atoms with van der Waals surface area (Å²) in [5.74, 6) is 2.37. The number of fused-ring (bicyclic) bond motifs is 1. The van der Waals surface area contributed by atoms with Gasteiger partial charge in [0.1, 0.15) is 23.5 Å². The van der Waals surface area contributed by atoms with E-state index in [2.05, 4.69) is 27.0 Å². The molecule has 0 amide bonds. The van der Waals surface area contributed by atoms with E-state index in [0.717, 1.165) is 78.6 Å². The lowest BCUT2D eigenvalue weighted by molar-refractivity contribution is -0.0111. The monoisotopic (exact) mass is 503 g/mol. The molecule has 1 aliphatic heterocycles. The third-order valence-electron chi connectivity index (χ3n) is 7.03. The highest BCUT2D eigenvalue weighted by atomic mass is 35.5. The lowest BCUT2D eigenvalue weighted by Crippen LogP contribution is -2.39. The van der Waals surface area contributed by atoms with Gasteiger partial charge in [0, 0.05) is 36.8 Å². The van der Waals surface area contributed by atoms with Crippen molar-refractivity contribution in [2.24, 2.45) is 0 Å². The Bertz CT molecular complexity index is 1310. The summed E-state index contributed by atoms with van der Waals surface area (Å²) in [5, 5.41) is 0.728. The zero-order chi connectivity index (χ0) is 24.3. The highest BCUT2D eigenvalue weighted by molar-refractivity contribution is 6.30. The van der Waals surface area contributed by atoms with Gasteiger partial charge in [-0.15, -0.1) is 0 Å². The first-order valence-corrected chi connectivity index (χ1v) is 13.2. The molecule has 0 N–H and O–H groups in total. The largest absolute Gasteiger partial charge is 0.474 e. The number of hydrogen-bond donors (Lipinski definition) is 0. The van der Waals surface area contributed by atoms with Gasteiger partial charge in [-0.1, -0.05) is 35.9 Å². The third kappa shape index (κ3) is 5.32. The van der Waals surface area contributed by atoms with Crippen molar-refractivity contribution in [3.8, 4) is 5.88 Å². The van der Waals surface area contributed by atoms with Crippen LogP contribution in [0, 0.1) is 0 Å².